The summed E-state index contributed by atoms with van der Waals surface area (Å²) in [6, 6.07) is 6.78. The minimum absolute atomic E-state index is 0.0440. The minimum Gasteiger partial charge on any atom is -0.488 e. The van der Waals surface area contributed by atoms with Crippen LogP contribution in [0.4, 0.5) is 0 Å². The van der Waals surface area contributed by atoms with E-state index in [0.717, 1.165) is 25.9 Å². The zero-order chi connectivity index (χ0) is 13.7. The number of ether oxygens (including phenoxy) is 1. The van der Waals surface area contributed by atoms with Gasteiger partial charge in [0.15, 0.2) is 0 Å². The number of benzene rings is 1. The number of sulfonamides is 1. The molecule has 1 aromatic rings. The Labute approximate surface area is 114 Å². The topological polar surface area (TPSA) is 67.4 Å². The first-order valence-corrected chi connectivity index (χ1v) is 8.08. The third-order valence-electron chi connectivity index (χ3n) is 2.99. The van der Waals surface area contributed by atoms with E-state index in [4.69, 9.17) is 4.74 Å². The number of para-hydroxylation sites is 1. The van der Waals surface area contributed by atoms with Crippen LogP contribution in [0.1, 0.15) is 19.8 Å². The van der Waals surface area contributed by atoms with Gasteiger partial charge in [0.05, 0.1) is 0 Å². The van der Waals surface area contributed by atoms with Crippen LogP contribution in [0, 0.1) is 0 Å². The van der Waals surface area contributed by atoms with Gasteiger partial charge in [-0.25, -0.2) is 13.1 Å². The van der Waals surface area contributed by atoms with Gasteiger partial charge in [-0.15, -0.1) is 0 Å². The van der Waals surface area contributed by atoms with Crippen LogP contribution in [0.3, 0.4) is 0 Å². The Hall–Kier alpha value is -1.11. The van der Waals surface area contributed by atoms with Crippen LogP contribution in [0.15, 0.2) is 29.2 Å². The van der Waals surface area contributed by atoms with Gasteiger partial charge in [0.1, 0.15) is 16.7 Å². The Morgan fingerprint density at radius 3 is 2.89 bits per heavy atom. The fourth-order valence-corrected chi connectivity index (χ4v) is 3.26. The second kappa shape index (κ2) is 6.36. The molecular weight excluding hydrogens is 264 g/mol. The maximum absolute atomic E-state index is 12.2. The molecule has 0 saturated carbocycles. The lowest BCUT2D eigenvalue weighted by Gasteiger charge is -2.16. The van der Waals surface area contributed by atoms with E-state index in [2.05, 4.69) is 10.0 Å². The van der Waals surface area contributed by atoms with Crippen molar-refractivity contribution in [3.8, 4) is 5.75 Å². The third kappa shape index (κ3) is 3.68. The average Bonchev–Trinajstić information content (AvgIpc) is 2.90. The van der Waals surface area contributed by atoms with E-state index in [-0.39, 0.29) is 11.0 Å². The Morgan fingerprint density at radius 1 is 1.42 bits per heavy atom. The fraction of sp³-hybridized carbons (Fsp3) is 0.538. The first kappa shape index (κ1) is 14.3. The molecule has 0 spiro atoms. The second-order valence-electron chi connectivity index (χ2n) is 4.58. The average molecular weight is 284 g/mol. The van der Waals surface area contributed by atoms with E-state index in [1.54, 1.807) is 24.3 Å². The molecule has 1 atom stereocenters. The summed E-state index contributed by atoms with van der Waals surface area (Å²) in [6.07, 6.45) is 1.70. The lowest BCUT2D eigenvalue weighted by atomic mass is 10.3. The number of hydrogen-bond acceptors (Lipinski definition) is 4. The molecule has 1 aliphatic heterocycles. The number of rotatable bonds is 6. The van der Waals surface area contributed by atoms with Gasteiger partial charge in [-0.3, -0.25) is 0 Å². The first-order valence-electron chi connectivity index (χ1n) is 6.59. The molecule has 0 aromatic heterocycles. The van der Waals surface area contributed by atoms with Crippen molar-refractivity contribution in [3.63, 3.8) is 0 Å². The van der Waals surface area contributed by atoms with Crippen molar-refractivity contribution < 1.29 is 13.2 Å². The Morgan fingerprint density at radius 2 is 2.21 bits per heavy atom. The molecule has 1 heterocycles. The van der Waals surface area contributed by atoms with Gasteiger partial charge in [0, 0.05) is 13.1 Å². The van der Waals surface area contributed by atoms with Crippen LogP contribution in [-0.4, -0.2) is 34.2 Å². The highest BCUT2D eigenvalue weighted by Crippen LogP contribution is 2.25. The normalized spacial score (nSPS) is 19.5. The summed E-state index contributed by atoms with van der Waals surface area (Å²) in [7, 11) is -3.49. The van der Waals surface area contributed by atoms with E-state index in [1.165, 1.54) is 0 Å². The molecule has 2 rings (SSSR count). The van der Waals surface area contributed by atoms with Crippen molar-refractivity contribution >= 4 is 10.0 Å². The molecular formula is C13H20N2O3S. The largest absolute Gasteiger partial charge is 0.488 e. The SMILES string of the molecule is CCCNS(=O)(=O)c1ccccc1OC1CCNC1. The highest BCUT2D eigenvalue weighted by atomic mass is 32.2. The summed E-state index contributed by atoms with van der Waals surface area (Å²) >= 11 is 0. The lowest BCUT2D eigenvalue weighted by molar-refractivity contribution is 0.217. The van der Waals surface area contributed by atoms with Crippen molar-refractivity contribution in [3.05, 3.63) is 24.3 Å². The highest BCUT2D eigenvalue weighted by molar-refractivity contribution is 7.89. The summed E-state index contributed by atoms with van der Waals surface area (Å²) in [5.74, 6) is 0.430. The molecule has 5 nitrogen and oxygen atoms in total. The first-order chi connectivity index (χ1) is 9.13. The monoisotopic (exact) mass is 284 g/mol. The molecule has 106 valence electrons. The van der Waals surface area contributed by atoms with E-state index in [9.17, 15) is 8.42 Å². The quantitative estimate of drug-likeness (QED) is 0.821. The molecule has 1 saturated heterocycles. The minimum atomic E-state index is -3.49. The third-order valence-corrected chi connectivity index (χ3v) is 4.49. The van der Waals surface area contributed by atoms with Gasteiger partial charge in [-0.1, -0.05) is 19.1 Å². The van der Waals surface area contributed by atoms with Gasteiger partial charge in [-0.05, 0) is 31.5 Å². The predicted octanol–water partition coefficient (Wildman–Crippen LogP) is 1.12. The number of hydrogen-bond donors (Lipinski definition) is 2. The van der Waals surface area contributed by atoms with E-state index >= 15 is 0 Å². The second-order valence-corrected chi connectivity index (χ2v) is 6.31. The van der Waals surface area contributed by atoms with Crippen molar-refractivity contribution in [2.45, 2.75) is 30.8 Å². The highest BCUT2D eigenvalue weighted by Gasteiger charge is 2.22. The molecule has 1 fully saturated rings. The van der Waals surface area contributed by atoms with Crippen LogP contribution in [-0.2, 0) is 10.0 Å². The van der Waals surface area contributed by atoms with E-state index in [0.29, 0.717) is 12.3 Å². The smallest absolute Gasteiger partial charge is 0.244 e. The van der Waals surface area contributed by atoms with Gasteiger partial charge in [0.25, 0.3) is 0 Å². The molecule has 0 aliphatic carbocycles. The molecule has 19 heavy (non-hydrogen) atoms. The maximum Gasteiger partial charge on any atom is 0.244 e. The van der Waals surface area contributed by atoms with E-state index in [1.807, 2.05) is 6.92 Å². The van der Waals surface area contributed by atoms with Crippen LogP contribution in [0.25, 0.3) is 0 Å². The molecule has 0 bridgehead atoms. The predicted molar refractivity (Wildman–Crippen MR) is 73.8 cm³/mol. The summed E-state index contributed by atoms with van der Waals surface area (Å²) in [5, 5.41) is 3.19. The molecule has 0 radical (unpaired) electrons. The zero-order valence-electron chi connectivity index (χ0n) is 11.1. The van der Waals surface area contributed by atoms with Crippen molar-refractivity contribution in [2.24, 2.45) is 0 Å². The van der Waals surface area contributed by atoms with Crippen molar-refractivity contribution in [1.29, 1.82) is 0 Å². The fourth-order valence-electron chi connectivity index (χ4n) is 1.99. The van der Waals surface area contributed by atoms with Gasteiger partial charge < -0.3 is 10.1 Å². The molecule has 1 aliphatic rings. The Kier molecular flexibility index (Phi) is 4.79. The summed E-state index contributed by atoms with van der Waals surface area (Å²) in [6.45, 7) is 4.03. The molecule has 0 amide bonds. The van der Waals surface area contributed by atoms with Crippen LogP contribution in [0.5, 0.6) is 5.75 Å². The van der Waals surface area contributed by atoms with Gasteiger partial charge >= 0.3 is 0 Å². The zero-order valence-corrected chi connectivity index (χ0v) is 11.9. The van der Waals surface area contributed by atoms with Crippen LogP contribution in [0.2, 0.25) is 0 Å². The Bertz CT molecular complexity index is 510. The van der Waals surface area contributed by atoms with Crippen molar-refractivity contribution in [1.82, 2.24) is 10.0 Å². The summed E-state index contributed by atoms with van der Waals surface area (Å²) in [5.41, 5.74) is 0. The molecule has 6 heteroatoms. The maximum atomic E-state index is 12.2. The van der Waals surface area contributed by atoms with Gasteiger partial charge in [0.2, 0.25) is 10.0 Å². The van der Waals surface area contributed by atoms with E-state index < -0.39 is 10.0 Å². The summed E-state index contributed by atoms with van der Waals surface area (Å²) in [4.78, 5) is 0.218. The van der Waals surface area contributed by atoms with Crippen LogP contribution >= 0.6 is 0 Å². The van der Waals surface area contributed by atoms with Crippen LogP contribution < -0.4 is 14.8 Å². The standard InChI is InChI=1S/C13H20N2O3S/c1-2-8-15-19(16,17)13-6-4-3-5-12(13)18-11-7-9-14-10-11/h3-6,11,14-15H,2,7-10H2,1H3. The number of nitrogens with one attached hydrogen (secondary N) is 2. The Balaban J connectivity index is 2.19. The summed E-state index contributed by atoms with van der Waals surface area (Å²) < 4.78 is 32.7. The molecule has 2 N–H and O–H groups in total. The van der Waals surface area contributed by atoms with Gasteiger partial charge in [-0.2, -0.15) is 0 Å². The molecule has 1 unspecified atom stereocenters. The van der Waals surface area contributed by atoms with Crippen molar-refractivity contribution in [2.75, 3.05) is 19.6 Å². The lowest BCUT2D eigenvalue weighted by Crippen LogP contribution is -2.26. The molecule has 1 aromatic carbocycles.